The van der Waals surface area contributed by atoms with Crippen LogP contribution < -0.4 is 0 Å². The molecule has 0 aliphatic carbocycles. The first kappa shape index (κ1) is 12.3. The summed E-state index contributed by atoms with van der Waals surface area (Å²) in [5.74, 6) is -0.645. The summed E-state index contributed by atoms with van der Waals surface area (Å²) >= 11 is 5.70. The van der Waals surface area contributed by atoms with Crippen molar-refractivity contribution in [2.24, 2.45) is 0 Å². The van der Waals surface area contributed by atoms with Gasteiger partial charge in [-0.1, -0.05) is 17.7 Å². The van der Waals surface area contributed by atoms with Crippen LogP contribution in [0.4, 0.5) is 4.39 Å². The number of hydrogen-bond donors (Lipinski definition) is 0. The predicted molar refractivity (Wildman–Crippen MR) is 62.2 cm³/mol. The molecule has 1 aliphatic rings. The Morgan fingerprint density at radius 2 is 2.41 bits per heavy atom. The molecule has 1 aliphatic heterocycles. The zero-order chi connectivity index (χ0) is 12.4. The van der Waals surface area contributed by atoms with E-state index in [0.717, 1.165) is 18.5 Å². The van der Waals surface area contributed by atoms with E-state index in [1.807, 2.05) is 4.90 Å². The van der Waals surface area contributed by atoms with Gasteiger partial charge < -0.3 is 4.74 Å². The lowest BCUT2D eigenvalue weighted by Gasteiger charge is -2.38. The smallest absolute Gasteiger partial charge is 0.323 e. The van der Waals surface area contributed by atoms with E-state index in [1.54, 1.807) is 12.1 Å². The summed E-state index contributed by atoms with van der Waals surface area (Å²) in [4.78, 5) is 13.3. The summed E-state index contributed by atoms with van der Waals surface area (Å²) in [5, 5.41) is 0.109. The molecule has 92 valence electrons. The number of rotatable bonds is 3. The van der Waals surface area contributed by atoms with Crippen molar-refractivity contribution in [3.05, 3.63) is 34.6 Å². The molecule has 2 rings (SSSR count). The zero-order valence-corrected chi connectivity index (χ0v) is 10.2. The van der Waals surface area contributed by atoms with Gasteiger partial charge in [0.2, 0.25) is 0 Å². The van der Waals surface area contributed by atoms with Crippen LogP contribution >= 0.6 is 11.6 Å². The summed E-state index contributed by atoms with van der Waals surface area (Å²) in [7, 11) is 1.38. The van der Waals surface area contributed by atoms with Crippen molar-refractivity contribution in [1.82, 2.24) is 4.90 Å². The highest BCUT2D eigenvalue weighted by Crippen LogP contribution is 2.23. The Labute approximate surface area is 104 Å². The minimum atomic E-state index is -0.427. The third-order valence-electron chi connectivity index (χ3n) is 2.97. The van der Waals surface area contributed by atoms with Crippen molar-refractivity contribution < 1.29 is 13.9 Å². The average molecular weight is 258 g/mol. The van der Waals surface area contributed by atoms with Gasteiger partial charge in [-0.05, 0) is 24.1 Å². The largest absolute Gasteiger partial charge is 0.468 e. The second-order valence-corrected chi connectivity index (χ2v) is 4.45. The van der Waals surface area contributed by atoms with Crippen LogP contribution in [0.5, 0.6) is 0 Å². The number of methoxy groups -OCH3 is 1. The minimum Gasteiger partial charge on any atom is -0.468 e. The molecule has 1 aromatic carbocycles. The fraction of sp³-hybridized carbons (Fsp3) is 0.417. The van der Waals surface area contributed by atoms with Gasteiger partial charge in [0.15, 0.2) is 0 Å². The van der Waals surface area contributed by atoms with E-state index >= 15 is 0 Å². The lowest BCUT2D eigenvalue weighted by molar-refractivity contribution is -0.152. The van der Waals surface area contributed by atoms with E-state index in [1.165, 1.54) is 13.2 Å². The highest BCUT2D eigenvalue weighted by atomic mass is 35.5. The zero-order valence-electron chi connectivity index (χ0n) is 9.45. The molecule has 1 aromatic rings. The number of ether oxygens (including phenoxy) is 1. The van der Waals surface area contributed by atoms with E-state index in [4.69, 9.17) is 16.3 Å². The van der Waals surface area contributed by atoms with Crippen LogP contribution in [-0.4, -0.2) is 30.6 Å². The van der Waals surface area contributed by atoms with Crippen molar-refractivity contribution >= 4 is 17.6 Å². The molecule has 0 spiro atoms. The molecule has 0 N–H and O–H groups in total. The molecule has 1 heterocycles. The van der Waals surface area contributed by atoms with Crippen LogP contribution in [0.1, 0.15) is 12.0 Å². The summed E-state index contributed by atoms with van der Waals surface area (Å²) in [6.07, 6.45) is 0.807. The molecular formula is C12H13ClFNO2. The molecular weight excluding hydrogens is 245 g/mol. The molecule has 0 aromatic heterocycles. The Morgan fingerprint density at radius 3 is 2.94 bits per heavy atom. The van der Waals surface area contributed by atoms with Gasteiger partial charge >= 0.3 is 5.97 Å². The molecule has 1 fully saturated rings. The average Bonchev–Trinajstić information content (AvgIpc) is 2.29. The van der Waals surface area contributed by atoms with E-state index in [-0.39, 0.29) is 17.0 Å². The van der Waals surface area contributed by atoms with Gasteiger partial charge in [0.25, 0.3) is 0 Å². The van der Waals surface area contributed by atoms with Gasteiger partial charge in [0.1, 0.15) is 11.9 Å². The van der Waals surface area contributed by atoms with Gasteiger partial charge in [-0.2, -0.15) is 0 Å². The number of likely N-dealkylation sites (tertiary alicyclic amines) is 1. The van der Waals surface area contributed by atoms with Crippen molar-refractivity contribution in [1.29, 1.82) is 0 Å². The Hall–Kier alpha value is -1.13. The number of esters is 1. The summed E-state index contributed by atoms with van der Waals surface area (Å²) in [6, 6.07) is 4.42. The van der Waals surface area contributed by atoms with Crippen molar-refractivity contribution in [2.75, 3.05) is 13.7 Å². The minimum absolute atomic E-state index is 0.109. The maximum absolute atomic E-state index is 13.0. The predicted octanol–water partition coefficient (Wildman–Crippen LogP) is 2.23. The van der Waals surface area contributed by atoms with Crippen LogP contribution in [0.2, 0.25) is 5.02 Å². The number of hydrogen-bond acceptors (Lipinski definition) is 3. The maximum Gasteiger partial charge on any atom is 0.323 e. The third kappa shape index (κ3) is 2.58. The molecule has 0 radical (unpaired) electrons. The first-order valence-corrected chi connectivity index (χ1v) is 5.75. The lowest BCUT2D eigenvalue weighted by Crippen LogP contribution is -2.52. The normalized spacial score (nSPS) is 19.8. The first-order valence-electron chi connectivity index (χ1n) is 5.37. The topological polar surface area (TPSA) is 29.5 Å². The van der Waals surface area contributed by atoms with Crippen LogP contribution in [0.15, 0.2) is 18.2 Å². The van der Waals surface area contributed by atoms with E-state index < -0.39 is 5.82 Å². The second-order valence-electron chi connectivity index (χ2n) is 4.05. The molecule has 0 bridgehead atoms. The maximum atomic E-state index is 13.0. The molecule has 1 unspecified atom stereocenters. The SMILES string of the molecule is COC(=O)C1CCN1Cc1ccc(F)c(Cl)c1. The van der Waals surface area contributed by atoms with Crippen molar-refractivity contribution in [3.63, 3.8) is 0 Å². The number of carbonyl (C=O) groups excluding carboxylic acids is 1. The van der Waals surface area contributed by atoms with Gasteiger partial charge in [-0.3, -0.25) is 9.69 Å². The van der Waals surface area contributed by atoms with Crippen LogP contribution in [0.3, 0.4) is 0 Å². The van der Waals surface area contributed by atoms with Gasteiger partial charge in [0, 0.05) is 13.1 Å². The van der Waals surface area contributed by atoms with Crippen LogP contribution in [0.25, 0.3) is 0 Å². The molecule has 3 nitrogen and oxygen atoms in total. The highest BCUT2D eigenvalue weighted by Gasteiger charge is 2.34. The van der Waals surface area contributed by atoms with E-state index in [0.29, 0.717) is 6.54 Å². The van der Waals surface area contributed by atoms with E-state index in [2.05, 4.69) is 0 Å². The van der Waals surface area contributed by atoms with Crippen molar-refractivity contribution in [2.45, 2.75) is 19.0 Å². The van der Waals surface area contributed by atoms with Gasteiger partial charge in [0.05, 0.1) is 12.1 Å². The molecule has 1 saturated heterocycles. The Balaban J connectivity index is 2.01. The Bertz CT molecular complexity index is 439. The molecule has 17 heavy (non-hydrogen) atoms. The quantitative estimate of drug-likeness (QED) is 0.778. The van der Waals surface area contributed by atoms with E-state index in [9.17, 15) is 9.18 Å². The molecule has 1 atom stereocenters. The van der Waals surface area contributed by atoms with Crippen molar-refractivity contribution in [3.8, 4) is 0 Å². The fourth-order valence-electron chi connectivity index (χ4n) is 1.91. The summed E-state index contributed by atoms with van der Waals surface area (Å²) < 4.78 is 17.7. The monoisotopic (exact) mass is 257 g/mol. The number of benzene rings is 1. The molecule has 5 heteroatoms. The van der Waals surface area contributed by atoms with Crippen LogP contribution in [0, 0.1) is 5.82 Å². The number of carbonyl (C=O) groups is 1. The first-order chi connectivity index (χ1) is 8.11. The van der Waals surface area contributed by atoms with Gasteiger partial charge in [-0.15, -0.1) is 0 Å². The summed E-state index contributed by atoms with van der Waals surface area (Å²) in [5.41, 5.74) is 0.894. The molecule has 0 saturated carbocycles. The Kier molecular flexibility index (Phi) is 3.64. The standard InChI is InChI=1S/C12H13ClFNO2/c1-17-12(16)11-4-5-15(11)7-8-2-3-10(14)9(13)6-8/h2-3,6,11H,4-5,7H2,1H3. The van der Waals surface area contributed by atoms with Gasteiger partial charge in [-0.25, -0.2) is 4.39 Å². The summed E-state index contributed by atoms with van der Waals surface area (Å²) in [6.45, 7) is 1.43. The lowest BCUT2D eigenvalue weighted by atomic mass is 10.0. The Morgan fingerprint density at radius 1 is 1.65 bits per heavy atom. The fourth-order valence-corrected chi connectivity index (χ4v) is 2.11. The molecule has 0 amide bonds. The van der Waals surface area contributed by atoms with Crippen LogP contribution in [-0.2, 0) is 16.1 Å². The second kappa shape index (κ2) is 5.02. The third-order valence-corrected chi connectivity index (χ3v) is 3.26. The number of nitrogens with zero attached hydrogens (tertiary/aromatic N) is 1. The number of halogens is 2. The highest BCUT2D eigenvalue weighted by molar-refractivity contribution is 6.30.